The van der Waals surface area contributed by atoms with Crippen LogP contribution in [0.3, 0.4) is 0 Å². The third-order valence-electron chi connectivity index (χ3n) is 11.0. The van der Waals surface area contributed by atoms with Gasteiger partial charge in [-0.15, -0.1) is 0 Å². The van der Waals surface area contributed by atoms with Gasteiger partial charge in [0, 0.05) is 20.6 Å². The van der Waals surface area contributed by atoms with Gasteiger partial charge in [0.05, 0.1) is 47.0 Å². The molecule has 2 fully saturated rings. The number of likely N-dealkylation sites (N-methyl/N-ethyl adjacent to an activating group) is 2. The maximum atomic E-state index is 11.6. The zero-order chi connectivity index (χ0) is 36.8. The van der Waals surface area contributed by atoms with Crippen molar-refractivity contribution in [1.82, 2.24) is 0 Å². The Balaban J connectivity index is 0. The minimum absolute atomic E-state index is 0. The summed E-state index contributed by atoms with van der Waals surface area (Å²) in [5, 5.41) is 21.3. The van der Waals surface area contributed by atoms with Gasteiger partial charge in [0.15, 0.2) is 0 Å². The summed E-state index contributed by atoms with van der Waals surface area (Å²) in [6.07, 6.45) is 10.1. The summed E-state index contributed by atoms with van der Waals surface area (Å²) in [6, 6.07) is 0. The van der Waals surface area contributed by atoms with Gasteiger partial charge in [0.2, 0.25) is 0 Å². The summed E-state index contributed by atoms with van der Waals surface area (Å²) in [4.78, 5) is 23.2. The van der Waals surface area contributed by atoms with Crippen molar-refractivity contribution in [3.8, 4) is 0 Å². The smallest absolute Gasteiger partial charge is 0.333 e. The van der Waals surface area contributed by atoms with Crippen LogP contribution in [0.25, 0.3) is 0 Å². The number of aliphatic hydroxyl groups is 2. The lowest BCUT2D eigenvalue weighted by Crippen LogP contribution is -2.49. The normalized spacial score (nSPS) is 22.9. The molecule has 0 aromatic heterocycles. The van der Waals surface area contributed by atoms with E-state index < -0.39 is 12.2 Å². The molecule has 0 amide bonds. The molecule has 2 aliphatic carbocycles. The molecule has 2 unspecified atom stereocenters. The van der Waals surface area contributed by atoms with Gasteiger partial charge in [-0.3, -0.25) is 0 Å². The molecule has 10 nitrogen and oxygen atoms in total. The Kier molecular flexibility index (Phi) is 20.0. The van der Waals surface area contributed by atoms with E-state index in [-0.39, 0.29) is 33.7 Å². The van der Waals surface area contributed by atoms with E-state index in [0.29, 0.717) is 97.1 Å². The Labute approximate surface area is 308 Å². The fourth-order valence-electron chi connectivity index (χ4n) is 7.58. The second-order valence-electron chi connectivity index (χ2n) is 16.9. The highest BCUT2D eigenvalue weighted by molar-refractivity contribution is 5.87. The molecule has 50 heavy (non-hydrogen) atoms. The highest BCUT2D eigenvalue weighted by atomic mass is 16.5. The van der Waals surface area contributed by atoms with Crippen LogP contribution in [0.1, 0.15) is 102 Å². The van der Waals surface area contributed by atoms with Gasteiger partial charge in [-0.25, -0.2) is 9.59 Å². The van der Waals surface area contributed by atoms with Crippen molar-refractivity contribution < 1.29 is 50.6 Å². The van der Waals surface area contributed by atoms with Crippen molar-refractivity contribution in [2.24, 2.45) is 17.3 Å². The first-order valence-electron chi connectivity index (χ1n) is 18.7. The summed E-state index contributed by atoms with van der Waals surface area (Å²) in [7, 11) is 8.13. The monoisotopic (exact) mass is 717 g/mol. The average molecular weight is 717 g/mol. The first-order valence-corrected chi connectivity index (χ1v) is 18.7. The third-order valence-corrected chi connectivity index (χ3v) is 11.0. The number of hydrogen-bond donors (Lipinski definition) is 2. The van der Waals surface area contributed by atoms with Gasteiger partial charge in [-0.2, -0.15) is 0 Å². The number of carbonyl (C=O) groups excluding carboxylic acids is 2. The van der Waals surface area contributed by atoms with Crippen molar-refractivity contribution in [2.45, 2.75) is 124 Å². The van der Waals surface area contributed by atoms with Gasteiger partial charge in [-0.05, 0) is 95.3 Å². The maximum absolute atomic E-state index is 11.6. The third kappa shape index (κ3) is 17.1. The highest BCUT2D eigenvalue weighted by Gasteiger charge is 2.41. The molecule has 2 atom stereocenters. The molecule has 2 rings (SSSR count). The van der Waals surface area contributed by atoms with Crippen LogP contribution in [0.4, 0.5) is 0 Å². The largest absolute Gasteiger partial charge is 0.456 e. The number of carbonyl (C=O) groups is 2. The zero-order valence-electron chi connectivity index (χ0n) is 32.3. The number of hydrogen-bond acceptors (Lipinski definition) is 8. The number of ether oxygens (including phenoxy) is 4. The van der Waals surface area contributed by atoms with Crippen LogP contribution >= 0.6 is 0 Å². The average Bonchev–Trinajstić information content (AvgIpc) is 3.01. The van der Waals surface area contributed by atoms with E-state index in [9.17, 15) is 19.8 Å². The van der Waals surface area contributed by atoms with E-state index in [1.54, 1.807) is 13.8 Å². The van der Waals surface area contributed by atoms with Crippen LogP contribution in [0.2, 0.25) is 0 Å². The van der Waals surface area contributed by atoms with Crippen LogP contribution in [0.5, 0.6) is 0 Å². The van der Waals surface area contributed by atoms with Crippen molar-refractivity contribution in [1.29, 1.82) is 0 Å². The first-order chi connectivity index (χ1) is 22.8. The Hall–Kier alpha value is -1.82. The fourth-order valence-corrected chi connectivity index (χ4v) is 7.58. The molecule has 0 heterocycles. The van der Waals surface area contributed by atoms with Crippen molar-refractivity contribution >= 4 is 11.9 Å². The summed E-state index contributed by atoms with van der Waals surface area (Å²) in [5.74, 6) is 0.633. The predicted molar refractivity (Wildman–Crippen MR) is 205 cm³/mol. The molecule has 296 valence electrons. The number of quaternary nitrogens is 2. The highest BCUT2D eigenvalue weighted by Crippen LogP contribution is 2.49. The lowest BCUT2D eigenvalue weighted by atomic mass is 9.60. The lowest BCUT2D eigenvalue weighted by molar-refractivity contribution is -0.893. The van der Waals surface area contributed by atoms with Crippen LogP contribution in [0, 0.1) is 17.3 Å². The van der Waals surface area contributed by atoms with Gasteiger partial charge < -0.3 is 38.1 Å². The molecule has 2 N–H and O–H groups in total. The van der Waals surface area contributed by atoms with E-state index in [2.05, 4.69) is 27.0 Å². The summed E-state index contributed by atoms with van der Waals surface area (Å²) < 4.78 is 24.0. The molecule has 2 aliphatic rings. The first kappa shape index (κ1) is 46.2. The summed E-state index contributed by atoms with van der Waals surface area (Å²) in [5.41, 5.74) is 1.07. The molecule has 0 spiro atoms. The standard InChI is InChI=1S/C39H72N2O8.CH4.2H2/c1-29(2)37(44)47-24-21-40(7,8)26-33(42)12-11-23-46-35-17-13-31(14-18-35)39(5,6)32-15-19-36(20-16-32)49-28-34(43)27-41(9,10)22-25-48-38(45)30(3)4;;;/h31-36,42-43H,1,3,11-28H2,2,4-10H3;1H4;2*1H/q+2;;;. The number of esters is 2. The fraction of sp³-hybridized carbons (Fsp3) is 0.850. The van der Waals surface area contributed by atoms with Crippen LogP contribution in [-0.2, 0) is 28.5 Å². The van der Waals surface area contributed by atoms with Gasteiger partial charge in [0.1, 0.15) is 51.6 Å². The Bertz CT molecular complexity index is 1050. The molecule has 2 saturated carbocycles. The van der Waals surface area contributed by atoms with Gasteiger partial charge in [0.25, 0.3) is 0 Å². The van der Waals surface area contributed by atoms with Crippen LogP contribution in [0.15, 0.2) is 24.3 Å². The molecular formula is C40H80N2O8+2. The SMILES string of the molecule is C.C=C(C)C(=O)OCC[N+](C)(C)CC(O)CCCOC1CCC(C(C)(C)C2CCC(OCC(O)C[N+](C)(C)CCOC(=O)C(=C)C)CC2)CC1.[HH].[HH]. The minimum atomic E-state index is -0.564. The molecule has 0 aromatic carbocycles. The van der Waals surface area contributed by atoms with E-state index in [1.165, 1.54) is 12.8 Å². The van der Waals surface area contributed by atoms with Crippen molar-refractivity contribution in [3.05, 3.63) is 24.3 Å². The Morgan fingerprint density at radius 2 is 1.12 bits per heavy atom. The lowest BCUT2D eigenvalue weighted by Gasteiger charge is -2.46. The van der Waals surface area contributed by atoms with E-state index >= 15 is 0 Å². The molecule has 0 saturated heterocycles. The van der Waals surface area contributed by atoms with Gasteiger partial charge in [-0.1, -0.05) is 34.4 Å². The predicted octanol–water partition coefficient (Wildman–Crippen LogP) is 6.18. The maximum Gasteiger partial charge on any atom is 0.333 e. The molecule has 0 radical (unpaired) electrons. The topological polar surface area (TPSA) is 112 Å². The van der Waals surface area contributed by atoms with E-state index in [0.717, 1.165) is 44.9 Å². The second-order valence-corrected chi connectivity index (χ2v) is 16.9. The summed E-state index contributed by atoms with van der Waals surface area (Å²) >= 11 is 0. The summed E-state index contributed by atoms with van der Waals surface area (Å²) in [6.45, 7) is 19.5. The van der Waals surface area contributed by atoms with Crippen molar-refractivity contribution in [2.75, 3.05) is 80.8 Å². The Morgan fingerprint density at radius 1 is 0.720 bits per heavy atom. The number of rotatable bonds is 22. The Morgan fingerprint density at radius 3 is 1.54 bits per heavy atom. The molecule has 0 aromatic rings. The second kappa shape index (κ2) is 21.6. The van der Waals surface area contributed by atoms with Crippen LogP contribution < -0.4 is 0 Å². The molecular weight excluding hydrogens is 636 g/mol. The van der Waals surface area contributed by atoms with Crippen LogP contribution in [-0.4, -0.2) is 136 Å². The van der Waals surface area contributed by atoms with Crippen molar-refractivity contribution in [3.63, 3.8) is 0 Å². The number of nitrogens with zero attached hydrogens (tertiary/aromatic N) is 2. The van der Waals surface area contributed by atoms with E-state index in [4.69, 9.17) is 18.9 Å². The molecule has 0 aliphatic heterocycles. The zero-order valence-corrected chi connectivity index (χ0v) is 32.3. The van der Waals surface area contributed by atoms with E-state index in [1.807, 2.05) is 28.2 Å². The molecule has 10 heteroatoms. The molecule has 0 bridgehead atoms. The minimum Gasteiger partial charge on any atom is -0.456 e. The number of aliphatic hydroxyl groups excluding tert-OH is 2. The quantitative estimate of drug-likeness (QED) is 0.0592. The van der Waals surface area contributed by atoms with Gasteiger partial charge >= 0.3 is 11.9 Å².